The van der Waals surface area contributed by atoms with Crippen LogP contribution in [-0.2, 0) is 20.8 Å². The van der Waals surface area contributed by atoms with Gasteiger partial charge < -0.3 is 10.3 Å². The number of aromatic nitrogens is 3. The Balaban J connectivity index is 0.000000217. The summed E-state index contributed by atoms with van der Waals surface area (Å²) in [6, 6.07) is 35.3. The minimum atomic E-state index is -0.398. The van der Waals surface area contributed by atoms with Crippen LogP contribution in [0, 0.1) is 0 Å². The van der Waals surface area contributed by atoms with Crippen molar-refractivity contribution in [1.29, 1.82) is 0 Å². The molecule has 0 saturated carbocycles. The Kier molecular flexibility index (Phi) is 8.40. The Bertz CT molecular complexity index is 2330. The molecular formula is C39H31N5O3. The number of imide groups is 1. The second-order valence-electron chi connectivity index (χ2n) is 10.9. The molecule has 8 rings (SSSR count). The highest BCUT2D eigenvalue weighted by Crippen LogP contribution is 2.38. The van der Waals surface area contributed by atoms with Crippen LogP contribution in [0.25, 0.3) is 49.3 Å². The summed E-state index contributed by atoms with van der Waals surface area (Å²) in [4.78, 5) is 45.2. The minimum Gasteiger partial charge on any atom is -0.369 e. The van der Waals surface area contributed by atoms with Crippen LogP contribution in [0.5, 0.6) is 0 Å². The van der Waals surface area contributed by atoms with Crippen molar-refractivity contribution in [2.45, 2.75) is 13.8 Å². The average molecular weight is 618 g/mol. The molecule has 1 aliphatic rings. The predicted octanol–water partition coefficient (Wildman–Crippen LogP) is 6.64. The lowest BCUT2D eigenvalue weighted by Crippen LogP contribution is -2.22. The van der Waals surface area contributed by atoms with Gasteiger partial charge in [0.15, 0.2) is 0 Å². The van der Waals surface area contributed by atoms with Crippen LogP contribution in [-0.4, -0.2) is 32.3 Å². The Morgan fingerprint density at radius 1 is 0.660 bits per heavy atom. The van der Waals surface area contributed by atoms with E-state index in [2.05, 4.69) is 15.3 Å². The number of nitrogens with zero attached hydrogens (tertiary/aromatic N) is 3. The molecule has 8 heteroatoms. The van der Waals surface area contributed by atoms with Crippen molar-refractivity contribution < 1.29 is 14.4 Å². The number of carbonyl (C=O) groups excluding carboxylic acids is 3. The van der Waals surface area contributed by atoms with Crippen molar-refractivity contribution in [2.24, 2.45) is 5.73 Å². The van der Waals surface area contributed by atoms with E-state index in [1.807, 2.05) is 120 Å². The maximum Gasteiger partial charge on any atom is 0.259 e. The Labute approximate surface area is 271 Å². The molecule has 0 radical (unpaired) electrons. The van der Waals surface area contributed by atoms with Crippen LogP contribution in [0.3, 0.4) is 0 Å². The van der Waals surface area contributed by atoms with E-state index in [4.69, 9.17) is 5.73 Å². The quantitative estimate of drug-likeness (QED) is 0.210. The molecule has 3 heterocycles. The largest absolute Gasteiger partial charge is 0.369 e. The lowest BCUT2D eigenvalue weighted by atomic mass is 9.92. The summed E-state index contributed by atoms with van der Waals surface area (Å²) in [5.74, 6) is -1.08. The zero-order valence-electron chi connectivity index (χ0n) is 24.6. The van der Waals surface area contributed by atoms with Gasteiger partial charge >= 0.3 is 0 Å². The molecular weight excluding hydrogens is 586 g/mol. The number of hydrogen-bond donors (Lipinski definition) is 2. The van der Waals surface area contributed by atoms with E-state index in [-0.39, 0.29) is 19.2 Å². The van der Waals surface area contributed by atoms with Gasteiger partial charge in [-0.25, -0.2) is 9.97 Å². The number of hydrogen-bond acceptors (Lipinski definition) is 5. The van der Waals surface area contributed by atoms with Gasteiger partial charge in [0.05, 0.1) is 41.2 Å². The Morgan fingerprint density at radius 3 is 1.91 bits per heavy atom. The number of benzene rings is 5. The molecule has 3 N–H and O–H groups in total. The Morgan fingerprint density at radius 2 is 1.21 bits per heavy atom. The molecule has 3 amide bonds. The molecule has 47 heavy (non-hydrogen) atoms. The number of fused-ring (bicyclic) bond motifs is 3. The summed E-state index contributed by atoms with van der Waals surface area (Å²) in [7, 11) is 0. The first-order valence-electron chi connectivity index (χ1n) is 14.7. The molecule has 230 valence electrons. The lowest BCUT2D eigenvalue weighted by molar-refractivity contribution is -0.123. The van der Waals surface area contributed by atoms with Crippen LogP contribution in [0.2, 0.25) is 0 Å². The zero-order chi connectivity index (χ0) is 31.6. The number of para-hydroxylation sites is 1. The summed E-state index contributed by atoms with van der Waals surface area (Å²) < 4.78 is 1.94. The van der Waals surface area contributed by atoms with E-state index < -0.39 is 5.91 Å². The van der Waals surface area contributed by atoms with E-state index in [0.29, 0.717) is 23.1 Å². The molecule has 2 aromatic heterocycles. The number of nitrogens with two attached hydrogens (primary N) is 1. The average Bonchev–Trinajstić information content (AvgIpc) is 3.61. The fourth-order valence-electron chi connectivity index (χ4n) is 6.06. The van der Waals surface area contributed by atoms with Crippen LogP contribution in [0.1, 0.15) is 24.1 Å². The highest BCUT2D eigenvalue weighted by Gasteiger charge is 2.34. The van der Waals surface area contributed by atoms with Gasteiger partial charge in [0.25, 0.3) is 11.8 Å². The fraction of sp³-hybridized carbons (Fsp3) is 0.0513. The summed E-state index contributed by atoms with van der Waals surface area (Å²) in [5.41, 5.74) is 10.0. The third-order valence-electron chi connectivity index (χ3n) is 8.04. The fourth-order valence-corrected chi connectivity index (χ4v) is 6.06. The van der Waals surface area contributed by atoms with E-state index in [9.17, 15) is 14.4 Å². The lowest BCUT2D eigenvalue weighted by Gasteiger charge is -2.08. The number of carbonyl (C=O) groups is 3. The van der Waals surface area contributed by atoms with E-state index in [1.54, 1.807) is 12.4 Å². The molecule has 0 bridgehead atoms. The third-order valence-corrected chi connectivity index (χ3v) is 8.04. The monoisotopic (exact) mass is 617 g/mol. The Hall–Kier alpha value is -6.41. The molecule has 7 aromatic rings. The van der Waals surface area contributed by atoms with Crippen molar-refractivity contribution in [3.63, 3.8) is 0 Å². The van der Waals surface area contributed by atoms with Crippen molar-refractivity contribution >= 4 is 61.3 Å². The van der Waals surface area contributed by atoms with Gasteiger partial charge in [0.2, 0.25) is 5.91 Å². The molecule has 0 unspecified atom stereocenters. The van der Waals surface area contributed by atoms with Crippen LogP contribution in [0.15, 0.2) is 134 Å². The van der Waals surface area contributed by atoms with Gasteiger partial charge in [-0.05, 0) is 38.7 Å². The smallest absolute Gasteiger partial charge is 0.259 e. The topological polar surface area (TPSA) is 120 Å². The molecule has 0 fully saturated rings. The molecule has 5 aromatic carbocycles. The van der Waals surface area contributed by atoms with E-state index in [0.717, 1.165) is 49.3 Å². The molecule has 0 saturated heterocycles. The van der Waals surface area contributed by atoms with E-state index in [1.165, 1.54) is 6.33 Å². The molecule has 8 nitrogen and oxygen atoms in total. The van der Waals surface area contributed by atoms with E-state index >= 15 is 0 Å². The SMILES string of the molecule is C.NC(=O)Cc1cccc2ccccc12.O=C1NC(=O)C(c2cn(-c3cncnc3)c3ccccc23)=C1c1cccc2ccccc12. The maximum atomic E-state index is 13.1. The second-order valence-corrected chi connectivity index (χ2v) is 10.9. The van der Waals surface area contributed by atoms with Crippen molar-refractivity contribution in [1.82, 2.24) is 19.9 Å². The number of nitrogens with one attached hydrogen (secondary N) is 1. The van der Waals surface area contributed by atoms with Gasteiger partial charge in [-0.2, -0.15) is 0 Å². The van der Waals surface area contributed by atoms with Crippen molar-refractivity contribution in [3.05, 3.63) is 151 Å². The normalized spacial score (nSPS) is 12.5. The zero-order valence-corrected chi connectivity index (χ0v) is 24.6. The molecule has 0 atom stereocenters. The number of amides is 3. The van der Waals surface area contributed by atoms with Gasteiger partial charge in [-0.15, -0.1) is 0 Å². The van der Waals surface area contributed by atoms with Crippen LogP contribution < -0.4 is 11.1 Å². The van der Waals surface area contributed by atoms with Gasteiger partial charge in [0, 0.05) is 17.1 Å². The van der Waals surface area contributed by atoms with Gasteiger partial charge in [-0.1, -0.05) is 111 Å². The standard InChI is InChI=1S/C26H16N4O2.C12H11NO.CH4/c31-25-23(20-10-5-7-16-6-1-2-8-18(16)20)24(26(32)29-25)21-14-30(17-12-27-15-28-13-17)22-11-4-3-9-19(21)22;13-12(14)8-10-6-3-5-9-4-1-2-7-11(9)10;/h1-15H,(H,29,31,32);1-7H,8H2,(H2,13,14);1H4. The van der Waals surface area contributed by atoms with Crippen LogP contribution in [0.4, 0.5) is 0 Å². The number of primary amides is 1. The molecule has 0 aliphatic carbocycles. The highest BCUT2D eigenvalue weighted by molar-refractivity contribution is 6.50. The molecule has 0 spiro atoms. The summed E-state index contributed by atoms with van der Waals surface area (Å²) in [6.45, 7) is 0. The summed E-state index contributed by atoms with van der Waals surface area (Å²) in [6.07, 6.45) is 7.08. The molecule has 1 aliphatic heterocycles. The van der Waals surface area contributed by atoms with Gasteiger partial charge in [-0.3, -0.25) is 19.7 Å². The van der Waals surface area contributed by atoms with Crippen molar-refractivity contribution in [2.75, 3.05) is 0 Å². The first-order chi connectivity index (χ1) is 22.5. The summed E-state index contributed by atoms with van der Waals surface area (Å²) in [5, 5.41) is 7.56. The predicted molar refractivity (Wildman–Crippen MR) is 186 cm³/mol. The highest BCUT2D eigenvalue weighted by atomic mass is 16.2. The first-order valence-corrected chi connectivity index (χ1v) is 14.7. The van der Waals surface area contributed by atoms with Crippen molar-refractivity contribution in [3.8, 4) is 5.69 Å². The maximum absolute atomic E-state index is 13.1. The van der Waals surface area contributed by atoms with Gasteiger partial charge in [0.1, 0.15) is 6.33 Å². The first kappa shape index (κ1) is 30.6. The van der Waals surface area contributed by atoms with Crippen LogP contribution >= 0.6 is 0 Å². The summed E-state index contributed by atoms with van der Waals surface area (Å²) >= 11 is 0. The second kappa shape index (κ2) is 12.9. The third kappa shape index (κ3) is 5.76. The number of rotatable bonds is 5. The minimum absolute atomic E-state index is 0.